The van der Waals surface area contributed by atoms with E-state index in [4.69, 9.17) is 0 Å². The molecule has 1 atom stereocenters. The highest BCUT2D eigenvalue weighted by Crippen LogP contribution is 2.33. The number of halogens is 2. The number of thiophene rings is 1. The van der Waals surface area contributed by atoms with Gasteiger partial charge in [-0.3, -0.25) is 4.79 Å². The first-order chi connectivity index (χ1) is 7.63. The van der Waals surface area contributed by atoms with Crippen molar-refractivity contribution in [2.75, 3.05) is 13.2 Å². The van der Waals surface area contributed by atoms with E-state index in [-0.39, 0.29) is 18.6 Å². The summed E-state index contributed by atoms with van der Waals surface area (Å²) in [6.45, 7) is 0.790. The number of hydrogen-bond acceptors (Lipinski definition) is 3. The van der Waals surface area contributed by atoms with Gasteiger partial charge in [0.15, 0.2) is 0 Å². The van der Waals surface area contributed by atoms with E-state index in [1.54, 1.807) is 4.90 Å². The number of aliphatic hydroxyl groups excluding tert-OH is 1. The van der Waals surface area contributed by atoms with Crippen LogP contribution in [0.1, 0.15) is 23.2 Å². The van der Waals surface area contributed by atoms with E-state index < -0.39 is 0 Å². The molecular formula is C10H11Br2NO2S. The van der Waals surface area contributed by atoms with Crippen LogP contribution in [0.3, 0.4) is 0 Å². The summed E-state index contributed by atoms with van der Waals surface area (Å²) in [6, 6.07) is 1.81. The summed E-state index contributed by atoms with van der Waals surface area (Å²) in [4.78, 5) is 14.0. The van der Waals surface area contributed by atoms with Gasteiger partial charge in [-0.05, 0) is 50.8 Å². The monoisotopic (exact) mass is 367 g/mol. The van der Waals surface area contributed by atoms with Crippen LogP contribution in [0.2, 0.25) is 0 Å². The third-order valence-corrected chi connectivity index (χ3v) is 5.08. The average molecular weight is 369 g/mol. The molecule has 1 N–H and O–H groups in total. The van der Waals surface area contributed by atoms with Crippen LogP contribution in [0.4, 0.5) is 0 Å². The van der Waals surface area contributed by atoms with Crippen molar-refractivity contribution in [1.82, 2.24) is 4.90 Å². The number of amides is 1. The third-order valence-electron chi connectivity index (χ3n) is 2.74. The maximum atomic E-state index is 12.2. The molecule has 6 heteroatoms. The number of hydrogen-bond donors (Lipinski definition) is 1. The van der Waals surface area contributed by atoms with Crippen molar-refractivity contribution in [3.05, 3.63) is 19.2 Å². The topological polar surface area (TPSA) is 40.5 Å². The van der Waals surface area contributed by atoms with E-state index in [1.807, 2.05) is 6.07 Å². The van der Waals surface area contributed by atoms with Gasteiger partial charge < -0.3 is 10.0 Å². The second-order valence-corrected chi connectivity index (χ2v) is 7.46. The molecule has 16 heavy (non-hydrogen) atoms. The Morgan fingerprint density at radius 3 is 2.94 bits per heavy atom. The molecule has 0 aromatic carbocycles. The Hall–Kier alpha value is 0.0900. The number of rotatable bonds is 2. The van der Waals surface area contributed by atoms with Gasteiger partial charge in [0, 0.05) is 6.54 Å². The van der Waals surface area contributed by atoms with Crippen LogP contribution in [-0.2, 0) is 0 Å². The Kier molecular flexibility index (Phi) is 4.05. The fraction of sp³-hybridized carbons (Fsp3) is 0.500. The molecule has 1 aromatic heterocycles. The predicted molar refractivity (Wildman–Crippen MR) is 70.9 cm³/mol. The summed E-state index contributed by atoms with van der Waals surface area (Å²) in [7, 11) is 0. The van der Waals surface area contributed by atoms with Crippen LogP contribution < -0.4 is 0 Å². The molecule has 1 aliphatic heterocycles. The van der Waals surface area contributed by atoms with E-state index in [9.17, 15) is 9.90 Å². The van der Waals surface area contributed by atoms with E-state index in [1.165, 1.54) is 11.3 Å². The minimum absolute atomic E-state index is 0.00498. The van der Waals surface area contributed by atoms with Gasteiger partial charge in [-0.15, -0.1) is 11.3 Å². The molecule has 0 unspecified atom stereocenters. The lowest BCUT2D eigenvalue weighted by Gasteiger charge is -2.22. The molecule has 0 radical (unpaired) electrons. The summed E-state index contributed by atoms with van der Waals surface area (Å²) < 4.78 is 1.77. The number of carbonyl (C=O) groups is 1. The zero-order valence-electron chi connectivity index (χ0n) is 8.45. The van der Waals surface area contributed by atoms with E-state index in [2.05, 4.69) is 31.9 Å². The molecule has 1 amide bonds. The molecule has 0 saturated carbocycles. The summed E-state index contributed by atoms with van der Waals surface area (Å²) in [5, 5.41) is 9.19. The van der Waals surface area contributed by atoms with Crippen molar-refractivity contribution in [3.63, 3.8) is 0 Å². The smallest absolute Gasteiger partial charge is 0.256 e. The van der Waals surface area contributed by atoms with Gasteiger partial charge >= 0.3 is 0 Å². The third kappa shape index (κ3) is 2.34. The highest BCUT2D eigenvalue weighted by Gasteiger charge is 2.30. The van der Waals surface area contributed by atoms with E-state index in [0.29, 0.717) is 5.56 Å². The van der Waals surface area contributed by atoms with Crippen LogP contribution >= 0.6 is 43.2 Å². The second kappa shape index (κ2) is 5.16. The quantitative estimate of drug-likeness (QED) is 0.871. The lowest BCUT2D eigenvalue weighted by atomic mass is 10.2. The number of carbonyl (C=O) groups excluding carboxylic acids is 1. The Labute approximate surface area is 115 Å². The predicted octanol–water partition coefficient (Wildman–Crippen LogP) is 2.87. The molecule has 2 heterocycles. The SMILES string of the molecule is O=C(c1cc(Br)sc1Br)N1CCC[C@@H]1CO. The normalized spacial score (nSPS) is 20.4. The van der Waals surface area contributed by atoms with Crippen molar-refractivity contribution < 1.29 is 9.90 Å². The molecule has 2 rings (SSSR count). The molecule has 1 saturated heterocycles. The lowest BCUT2D eigenvalue weighted by Crippen LogP contribution is -2.37. The second-order valence-electron chi connectivity index (χ2n) is 3.72. The maximum Gasteiger partial charge on any atom is 0.256 e. The lowest BCUT2D eigenvalue weighted by molar-refractivity contribution is 0.0677. The summed E-state index contributed by atoms with van der Waals surface area (Å²) >= 11 is 8.23. The molecule has 1 aliphatic rings. The van der Waals surface area contributed by atoms with Gasteiger partial charge in [-0.25, -0.2) is 0 Å². The van der Waals surface area contributed by atoms with Crippen LogP contribution in [0.25, 0.3) is 0 Å². The molecule has 1 aromatic rings. The Bertz CT molecular complexity index is 408. The van der Waals surface area contributed by atoms with E-state index in [0.717, 1.165) is 27.0 Å². The number of aliphatic hydroxyl groups is 1. The molecule has 88 valence electrons. The van der Waals surface area contributed by atoms with Crippen LogP contribution in [-0.4, -0.2) is 35.1 Å². The number of likely N-dealkylation sites (tertiary alicyclic amines) is 1. The van der Waals surface area contributed by atoms with Gasteiger partial charge in [0.05, 0.1) is 25.8 Å². The van der Waals surface area contributed by atoms with Crippen molar-refractivity contribution in [1.29, 1.82) is 0 Å². The molecule has 0 spiro atoms. The van der Waals surface area contributed by atoms with Gasteiger partial charge in [0.1, 0.15) is 0 Å². The standard InChI is InChI=1S/C10H11Br2NO2S/c11-8-4-7(9(12)16-8)10(15)13-3-1-2-6(13)5-14/h4,6,14H,1-3,5H2/t6-/m1/s1. The molecular weight excluding hydrogens is 358 g/mol. The average Bonchev–Trinajstić information content (AvgIpc) is 2.83. The van der Waals surface area contributed by atoms with Crippen LogP contribution in [0, 0.1) is 0 Å². The largest absolute Gasteiger partial charge is 0.394 e. The Balaban J connectivity index is 2.21. The molecule has 1 fully saturated rings. The minimum atomic E-state index is -0.0157. The molecule has 0 bridgehead atoms. The first-order valence-electron chi connectivity index (χ1n) is 5.00. The minimum Gasteiger partial charge on any atom is -0.394 e. The number of nitrogens with zero attached hydrogens (tertiary/aromatic N) is 1. The maximum absolute atomic E-state index is 12.2. The van der Waals surface area contributed by atoms with Crippen LogP contribution in [0.5, 0.6) is 0 Å². The molecule has 0 aliphatic carbocycles. The summed E-state index contributed by atoms with van der Waals surface area (Å²) in [6.07, 6.45) is 1.87. The van der Waals surface area contributed by atoms with Crippen molar-refractivity contribution in [3.8, 4) is 0 Å². The summed E-state index contributed by atoms with van der Waals surface area (Å²) in [5.41, 5.74) is 0.678. The first kappa shape index (κ1) is 12.5. The zero-order chi connectivity index (χ0) is 11.7. The highest BCUT2D eigenvalue weighted by atomic mass is 79.9. The van der Waals surface area contributed by atoms with E-state index >= 15 is 0 Å². The first-order valence-corrected chi connectivity index (χ1v) is 7.40. The molecule has 3 nitrogen and oxygen atoms in total. The van der Waals surface area contributed by atoms with Crippen molar-refractivity contribution >= 4 is 49.1 Å². The van der Waals surface area contributed by atoms with Crippen molar-refractivity contribution in [2.24, 2.45) is 0 Å². The Morgan fingerprint density at radius 1 is 1.62 bits per heavy atom. The fourth-order valence-electron chi connectivity index (χ4n) is 1.93. The van der Waals surface area contributed by atoms with Gasteiger partial charge in [0.2, 0.25) is 0 Å². The van der Waals surface area contributed by atoms with Gasteiger partial charge in [-0.2, -0.15) is 0 Å². The van der Waals surface area contributed by atoms with Gasteiger partial charge in [-0.1, -0.05) is 0 Å². The van der Waals surface area contributed by atoms with Gasteiger partial charge in [0.25, 0.3) is 5.91 Å². The van der Waals surface area contributed by atoms with Crippen LogP contribution in [0.15, 0.2) is 13.6 Å². The summed E-state index contributed by atoms with van der Waals surface area (Å²) in [5.74, 6) is 0.00498. The fourth-order valence-corrected chi connectivity index (χ4v) is 4.71. The zero-order valence-corrected chi connectivity index (χ0v) is 12.4. The Morgan fingerprint density at radius 2 is 2.38 bits per heavy atom. The highest BCUT2D eigenvalue weighted by molar-refractivity contribution is 9.12. The van der Waals surface area contributed by atoms with Crippen molar-refractivity contribution in [2.45, 2.75) is 18.9 Å².